The van der Waals surface area contributed by atoms with Gasteiger partial charge in [0.05, 0.1) is 10.6 Å². The summed E-state index contributed by atoms with van der Waals surface area (Å²) in [5.41, 5.74) is 0.00699. The number of sulfonamides is 1. The largest absolute Gasteiger partial charge is 0.311 e. The van der Waals surface area contributed by atoms with Gasteiger partial charge in [0, 0.05) is 25.2 Å². The first-order valence-electron chi connectivity index (χ1n) is 6.33. The highest BCUT2D eigenvalue weighted by Gasteiger charge is 2.35. The van der Waals surface area contributed by atoms with Crippen LogP contribution in [-0.2, 0) is 10.0 Å². The molecule has 21 heavy (non-hydrogen) atoms. The van der Waals surface area contributed by atoms with Gasteiger partial charge in [-0.25, -0.2) is 8.42 Å². The molecule has 0 amide bonds. The van der Waals surface area contributed by atoms with E-state index < -0.39 is 10.0 Å². The van der Waals surface area contributed by atoms with E-state index in [0.717, 1.165) is 0 Å². The van der Waals surface area contributed by atoms with Crippen molar-refractivity contribution >= 4 is 34.0 Å². The molecule has 2 rings (SSSR count). The summed E-state index contributed by atoms with van der Waals surface area (Å²) >= 11 is 5.92. The second-order valence-electron chi connectivity index (χ2n) is 4.82. The summed E-state index contributed by atoms with van der Waals surface area (Å²) in [5, 5.41) is 12.5. The zero-order valence-corrected chi connectivity index (χ0v) is 14.1. The first-order chi connectivity index (χ1) is 9.39. The number of nitrogens with one attached hydrogen (secondary N) is 1. The average Bonchev–Trinajstić information content (AvgIpc) is 2.41. The highest BCUT2D eigenvalue weighted by molar-refractivity contribution is 7.89. The summed E-state index contributed by atoms with van der Waals surface area (Å²) in [5.74, 6) is 0. The van der Waals surface area contributed by atoms with Gasteiger partial charge in [0.25, 0.3) is 0 Å². The van der Waals surface area contributed by atoms with E-state index in [1.54, 1.807) is 6.07 Å². The molecule has 1 aromatic carbocycles. The summed E-state index contributed by atoms with van der Waals surface area (Å²) in [6, 6.07) is 6.25. The maximum Gasteiger partial charge on any atom is 0.244 e. The minimum atomic E-state index is -3.72. The SMILES string of the molecule is CC1NCCN(S(=O)(=O)c2cccc(Cl)c2C#N)C1C.Cl. The van der Waals surface area contributed by atoms with Crippen LogP contribution in [0.3, 0.4) is 0 Å². The van der Waals surface area contributed by atoms with Crippen molar-refractivity contribution in [2.45, 2.75) is 30.8 Å². The van der Waals surface area contributed by atoms with Gasteiger partial charge in [0.15, 0.2) is 0 Å². The van der Waals surface area contributed by atoms with Crippen LogP contribution in [0.25, 0.3) is 0 Å². The molecule has 2 atom stereocenters. The molecule has 1 heterocycles. The van der Waals surface area contributed by atoms with E-state index in [1.165, 1.54) is 16.4 Å². The van der Waals surface area contributed by atoms with Gasteiger partial charge >= 0.3 is 0 Å². The van der Waals surface area contributed by atoms with Crippen LogP contribution in [0.5, 0.6) is 0 Å². The van der Waals surface area contributed by atoms with E-state index in [1.807, 2.05) is 19.9 Å². The van der Waals surface area contributed by atoms with Crippen molar-refractivity contribution in [1.29, 1.82) is 5.26 Å². The van der Waals surface area contributed by atoms with Crippen molar-refractivity contribution in [1.82, 2.24) is 9.62 Å². The quantitative estimate of drug-likeness (QED) is 0.886. The molecule has 0 spiro atoms. The van der Waals surface area contributed by atoms with Crippen LogP contribution >= 0.6 is 24.0 Å². The van der Waals surface area contributed by atoms with Crippen molar-refractivity contribution < 1.29 is 8.42 Å². The predicted molar refractivity (Wildman–Crippen MR) is 84.2 cm³/mol. The van der Waals surface area contributed by atoms with Crippen molar-refractivity contribution in [3.8, 4) is 6.07 Å². The van der Waals surface area contributed by atoms with Crippen LogP contribution in [0.4, 0.5) is 0 Å². The summed E-state index contributed by atoms with van der Waals surface area (Å²) < 4.78 is 27.0. The van der Waals surface area contributed by atoms with E-state index in [0.29, 0.717) is 13.1 Å². The lowest BCUT2D eigenvalue weighted by atomic mass is 10.1. The molecular formula is C13H17Cl2N3O2S. The number of benzene rings is 1. The molecule has 8 heteroatoms. The van der Waals surface area contributed by atoms with Crippen LogP contribution in [-0.4, -0.2) is 37.9 Å². The Morgan fingerprint density at radius 1 is 1.43 bits per heavy atom. The lowest BCUT2D eigenvalue weighted by molar-refractivity contribution is 0.233. The third-order valence-corrected chi connectivity index (χ3v) is 5.99. The Hall–Kier alpha value is -0.840. The Labute approximate surface area is 136 Å². The smallest absolute Gasteiger partial charge is 0.244 e. The van der Waals surface area contributed by atoms with Gasteiger partial charge in [0.2, 0.25) is 10.0 Å². The number of hydrogen-bond donors (Lipinski definition) is 1. The Balaban J connectivity index is 0.00000220. The van der Waals surface area contributed by atoms with Crippen LogP contribution in [0.2, 0.25) is 5.02 Å². The lowest BCUT2D eigenvalue weighted by Crippen LogP contribution is -2.57. The fourth-order valence-corrected chi connectivity index (χ4v) is 4.46. The Morgan fingerprint density at radius 3 is 2.71 bits per heavy atom. The van der Waals surface area contributed by atoms with E-state index >= 15 is 0 Å². The number of piperazine rings is 1. The molecule has 0 bridgehead atoms. The number of nitrogens with zero attached hydrogens (tertiary/aromatic N) is 2. The molecule has 1 saturated heterocycles. The van der Waals surface area contributed by atoms with Crippen molar-refractivity contribution in [2.24, 2.45) is 0 Å². The summed E-state index contributed by atoms with van der Waals surface area (Å²) in [7, 11) is -3.72. The fraction of sp³-hybridized carbons (Fsp3) is 0.462. The van der Waals surface area contributed by atoms with Gasteiger partial charge in [-0.3, -0.25) is 0 Å². The van der Waals surface area contributed by atoms with Gasteiger partial charge in [-0.2, -0.15) is 9.57 Å². The normalized spacial score (nSPS) is 23.1. The second kappa shape index (κ2) is 6.95. The van der Waals surface area contributed by atoms with Crippen LogP contribution in [0, 0.1) is 11.3 Å². The molecule has 5 nitrogen and oxygen atoms in total. The van der Waals surface area contributed by atoms with Crippen LogP contribution in [0.15, 0.2) is 23.1 Å². The van der Waals surface area contributed by atoms with E-state index in [9.17, 15) is 8.42 Å². The average molecular weight is 350 g/mol. The molecule has 0 aliphatic carbocycles. The van der Waals surface area contributed by atoms with Gasteiger partial charge in [-0.1, -0.05) is 17.7 Å². The Bertz CT molecular complexity index is 658. The molecule has 116 valence electrons. The molecule has 0 saturated carbocycles. The number of nitriles is 1. The molecule has 1 aromatic rings. The van der Waals surface area contributed by atoms with Gasteiger partial charge < -0.3 is 5.32 Å². The first kappa shape index (κ1) is 18.2. The molecule has 2 unspecified atom stereocenters. The van der Waals surface area contributed by atoms with Crippen LogP contribution < -0.4 is 5.32 Å². The zero-order valence-electron chi connectivity index (χ0n) is 11.7. The maximum absolute atomic E-state index is 12.8. The fourth-order valence-electron chi connectivity index (χ4n) is 2.32. The van der Waals surface area contributed by atoms with Gasteiger partial charge in [0.1, 0.15) is 11.0 Å². The maximum atomic E-state index is 12.8. The molecule has 1 fully saturated rings. The molecule has 1 aliphatic heterocycles. The molecule has 0 radical (unpaired) electrons. The van der Waals surface area contributed by atoms with E-state index in [2.05, 4.69) is 5.32 Å². The topological polar surface area (TPSA) is 73.2 Å². The molecule has 1 aliphatic rings. The number of halogens is 2. The summed E-state index contributed by atoms with van der Waals surface area (Å²) in [6.07, 6.45) is 0. The predicted octanol–water partition coefficient (Wildman–Crippen LogP) is 2.00. The van der Waals surface area contributed by atoms with E-state index in [4.69, 9.17) is 16.9 Å². The van der Waals surface area contributed by atoms with Gasteiger partial charge in [-0.05, 0) is 26.0 Å². The standard InChI is InChI=1S/C13H16ClN3O2S.ClH/c1-9-10(2)17(7-6-16-9)20(18,19)13-5-3-4-12(14)11(13)8-15;/h3-5,9-10,16H,6-7H2,1-2H3;1H. The molecular weight excluding hydrogens is 333 g/mol. The highest BCUT2D eigenvalue weighted by Crippen LogP contribution is 2.28. The zero-order chi connectivity index (χ0) is 14.9. The molecule has 0 aromatic heterocycles. The van der Waals surface area contributed by atoms with Crippen molar-refractivity contribution in [3.63, 3.8) is 0 Å². The molecule has 1 N–H and O–H groups in total. The Morgan fingerprint density at radius 2 is 2.10 bits per heavy atom. The third-order valence-electron chi connectivity index (χ3n) is 3.65. The van der Waals surface area contributed by atoms with Crippen molar-refractivity contribution in [2.75, 3.05) is 13.1 Å². The van der Waals surface area contributed by atoms with Gasteiger partial charge in [-0.15, -0.1) is 12.4 Å². The van der Waals surface area contributed by atoms with Crippen LogP contribution in [0.1, 0.15) is 19.4 Å². The first-order valence-corrected chi connectivity index (χ1v) is 8.15. The van der Waals surface area contributed by atoms with E-state index in [-0.39, 0.29) is 40.0 Å². The Kier molecular flexibility index (Phi) is 6.02. The summed E-state index contributed by atoms with van der Waals surface area (Å²) in [4.78, 5) is -0.0200. The third kappa shape index (κ3) is 3.33. The van der Waals surface area contributed by atoms with Crippen molar-refractivity contribution in [3.05, 3.63) is 28.8 Å². The monoisotopic (exact) mass is 349 g/mol. The lowest BCUT2D eigenvalue weighted by Gasteiger charge is -2.37. The minimum absolute atomic E-state index is 0. The number of hydrogen-bond acceptors (Lipinski definition) is 4. The minimum Gasteiger partial charge on any atom is -0.311 e. The highest BCUT2D eigenvalue weighted by atomic mass is 35.5. The summed E-state index contributed by atoms with van der Waals surface area (Å²) in [6.45, 7) is 4.76. The second-order valence-corrected chi connectivity index (χ2v) is 7.09. The number of rotatable bonds is 2.